The molecule has 6 unspecified atom stereocenters. The number of rotatable bonds is 11. The van der Waals surface area contributed by atoms with Crippen LogP contribution in [0.15, 0.2) is 5.18 Å². The fraction of sp³-hybridized carbons (Fsp3) is 0.875. The maximum atomic E-state index is 12.2. The number of carbonyl (C=O) groups is 2. The molecule has 0 bridgehead atoms. The molecule has 11 nitrogen and oxygen atoms in total. The zero-order chi connectivity index (χ0) is 21.3. The van der Waals surface area contributed by atoms with Crippen molar-refractivity contribution < 1.29 is 39.5 Å². The Bertz CT molecular complexity index is 538. The van der Waals surface area contributed by atoms with Gasteiger partial charge >= 0.3 is 5.91 Å². The normalized spacial score (nSPS) is 29.7. The number of nitroso groups, excluding NO2 is 1. The molecule has 0 radical (unpaired) electrons. The van der Waals surface area contributed by atoms with Gasteiger partial charge in [0.25, 0.3) is 5.79 Å². The maximum Gasteiger partial charge on any atom is 0.345 e. The lowest BCUT2D eigenvalue weighted by atomic mass is 9.88. The summed E-state index contributed by atoms with van der Waals surface area (Å²) >= 11 is 1.64. The fourth-order valence-electron chi connectivity index (χ4n) is 2.89. The number of aliphatic hydroxyl groups excluding tert-OH is 4. The van der Waals surface area contributed by atoms with Crippen molar-refractivity contribution in [2.75, 3.05) is 24.7 Å². The lowest BCUT2D eigenvalue weighted by Gasteiger charge is -2.46. The van der Waals surface area contributed by atoms with Crippen LogP contribution in [0.5, 0.6) is 0 Å². The molecule has 5 N–H and O–H groups in total. The van der Waals surface area contributed by atoms with Crippen molar-refractivity contribution in [3.05, 3.63) is 4.91 Å². The van der Waals surface area contributed by atoms with Crippen molar-refractivity contribution >= 4 is 23.6 Å². The molecule has 6 atom stereocenters. The number of nitrogens with zero attached hydrogens (tertiary/aromatic N) is 1. The largest absolute Gasteiger partial charge is 0.394 e. The number of hydrogen-bond acceptors (Lipinski definition) is 10. The Balaban J connectivity index is 3.11. The van der Waals surface area contributed by atoms with Crippen LogP contribution in [0.1, 0.15) is 26.7 Å². The molecule has 0 aromatic rings. The molecule has 28 heavy (non-hydrogen) atoms. The van der Waals surface area contributed by atoms with Gasteiger partial charge in [-0.2, -0.15) is 11.8 Å². The Morgan fingerprint density at radius 1 is 1.43 bits per heavy atom. The molecule has 1 aliphatic rings. The van der Waals surface area contributed by atoms with E-state index in [1.807, 2.05) is 6.92 Å². The Labute approximate surface area is 166 Å². The van der Waals surface area contributed by atoms with Gasteiger partial charge in [-0.3, -0.25) is 9.59 Å². The predicted octanol–water partition coefficient (Wildman–Crippen LogP) is -1.50. The molecular weight excluding hydrogens is 396 g/mol. The molecule has 162 valence electrons. The quantitative estimate of drug-likeness (QED) is 0.194. The highest BCUT2D eigenvalue weighted by Gasteiger charge is 2.56. The van der Waals surface area contributed by atoms with E-state index in [9.17, 15) is 29.8 Å². The van der Waals surface area contributed by atoms with E-state index >= 15 is 0 Å². The van der Waals surface area contributed by atoms with E-state index in [0.29, 0.717) is 6.42 Å². The number of hydrogen-bond donors (Lipinski definition) is 5. The van der Waals surface area contributed by atoms with Gasteiger partial charge in [-0.05, 0) is 17.9 Å². The van der Waals surface area contributed by atoms with Gasteiger partial charge in [-0.1, -0.05) is 6.92 Å². The SMILES string of the molecule is CCSCCCOC1(C(=O)N=O)CC(O)C(NC(C)=O)C(C(O)C(O)CO)O1. The molecule has 0 saturated carbocycles. The fourth-order valence-corrected chi connectivity index (χ4v) is 3.50. The van der Waals surface area contributed by atoms with Gasteiger partial charge in [0.1, 0.15) is 18.3 Å². The molecule has 1 fully saturated rings. The lowest BCUT2D eigenvalue weighted by molar-refractivity contribution is -0.302. The van der Waals surface area contributed by atoms with Crippen molar-refractivity contribution in [1.82, 2.24) is 5.32 Å². The molecule has 1 aliphatic heterocycles. The van der Waals surface area contributed by atoms with Gasteiger partial charge in [-0.15, -0.1) is 4.91 Å². The Morgan fingerprint density at radius 3 is 2.64 bits per heavy atom. The number of nitrogens with one attached hydrogen (secondary N) is 1. The first-order valence-electron chi connectivity index (χ1n) is 8.91. The van der Waals surface area contributed by atoms with Crippen LogP contribution < -0.4 is 5.32 Å². The van der Waals surface area contributed by atoms with Crippen LogP contribution in [0.3, 0.4) is 0 Å². The summed E-state index contributed by atoms with van der Waals surface area (Å²) in [5.41, 5.74) is 0. The third kappa shape index (κ3) is 6.44. The van der Waals surface area contributed by atoms with E-state index in [4.69, 9.17) is 14.6 Å². The van der Waals surface area contributed by atoms with Gasteiger partial charge < -0.3 is 35.2 Å². The monoisotopic (exact) mass is 424 g/mol. The molecular formula is C16H28N2O9S. The van der Waals surface area contributed by atoms with E-state index in [1.54, 1.807) is 11.8 Å². The second-order valence-electron chi connectivity index (χ2n) is 6.37. The minimum atomic E-state index is -2.27. The van der Waals surface area contributed by atoms with Gasteiger partial charge in [0.2, 0.25) is 5.91 Å². The minimum Gasteiger partial charge on any atom is -0.394 e. The zero-order valence-corrected chi connectivity index (χ0v) is 16.6. The first-order valence-corrected chi connectivity index (χ1v) is 10.1. The Hall–Kier alpha value is -1.15. The molecule has 1 heterocycles. The molecule has 1 saturated heterocycles. The molecule has 12 heteroatoms. The maximum absolute atomic E-state index is 12.2. The van der Waals surface area contributed by atoms with E-state index in [2.05, 4.69) is 10.5 Å². The summed E-state index contributed by atoms with van der Waals surface area (Å²) in [5, 5.41) is 44.4. The van der Waals surface area contributed by atoms with Gasteiger partial charge in [0, 0.05) is 18.5 Å². The van der Waals surface area contributed by atoms with Gasteiger partial charge in [-0.25, -0.2) is 0 Å². The first kappa shape index (κ1) is 24.9. The second kappa shape index (κ2) is 11.8. The van der Waals surface area contributed by atoms with Crippen molar-refractivity contribution in [3.63, 3.8) is 0 Å². The van der Waals surface area contributed by atoms with E-state index < -0.39 is 61.1 Å². The highest BCUT2D eigenvalue weighted by molar-refractivity contribution is 7.99. The molecule has 0 aromatic carbocycles. The number of amides is 2. The van der Waals surface area contributed by atoms with Crippen LogP contribution in [0.25, 0.3) is 0 Å². The summed E-state index contributed by atoms with van der Waals surface area (Å²) in [6, 6.07) is -1.22. The number of ether oxygens (including phenoxy) is 2. The summed E-state index contributed by atoms with van der Waals surface area (Å²) < 4.78 is 11.0. The molecule has 0 aromatic heterocycles. The predicted molar refractivity (Wildman–Crippen MR) is 99.3 cm³/mol. The first-order chi connectivity index (χ1) is 13.2. The lowest BCUT2D eigenvalue weighted by Crippen LogP contribution is -2.67. The minimum absolute atomic E-state index is 0.0111. The molecule has 0 aliphatic carbocycles. The summed E-state index contributed by atoms with van der Waals surface area (Å²) in [5.74, 6) is -2.56. The zero-order valence-electron chi connectivity index (χ0n) is 15.8. The molecule has 2 amide bonds. The Kier molecular flexibility index (Phi) is 10.4. The van der Waals surface area contributed by atoms with Crippen molar-refractivity contribution in [1.29, 1.82) is 0 Å². The van der Waals surface area contributed by atoms with Crippen molar-refractivity contribution in [3.8, 4) is 0 Å². The van der Waals surface area contributed by atoms with E-state index in [1.165, 1.54) is 6.92 Å². The number of carbonyl (C=O) groups excluding carboxylic acids is 2. The van der Waals surface area contributed by atoms with Gasteiger partial charge in [0.05, 0.1) is 25.4 Å². The molecule has 1 rings (SSSR count). The van der Waals surface area contributed by atoms with Crippen molar-refractivity contribution in [2.24, 2.45) is 5.18 Å². The van der Waals surface area contributed by atoms with E-state index in [0.717, 1.165) is 11.5 Å². The van der Waals surface area contributed by atoms with Crippen LogP contribution in [0, 0.1) is 4.91 Å². The average Bonchev–Trinajstić information content (AvgIpc) is 2.67. The summed E-state index contributed by atoms with van der Waals surface area (Å²) in [4.78, 5) is 34.5. The third-order valence-corrected chi connectivity index (χ3v) is 5.23. The van der Waals surface area contributed by atoms with Gasteiger partial charge in [0.15, 0.2) is 0 Å². The van der Waals surface area contributed by atoms with E-state index in [-0.39, 0.29) is 6.61 Å². The van der Waals surface area contributed by atoms with Crippen LogP contribution in [0.4, 0.5) is 0 Å². The summed E-state index contributed by atoms with van der Waals surface area (Å²) in [6.07, 6.45) is -6.49. The highest BCUT2D eigenvalue weighted by atomic mass is 32.2. The third-order valence-electron chi connectivity index (χ3n) is 4.24. The topological polar surface area (TPSA) is 175 Å². The number of thioether (sulfide) groups is 1. The van der Waals surface area contributed by atoms with Crippen LogP contribution in [-0.4, -0.2) is 93.2 Å². The van der Waals surface area contributed by atoms with Crippen molar-refractivity contribution in [2.45, 2.75) is 62.9 Å². The van der Waals surface area contributed by atoms with Crippen LogP contribution in [0.2, 0.25) is 0 Å². The summed E-state index contributed by atoms with van der Waals surface area (Å²) in [6.45, 7) is 2.32. The van der Waals surface area contributed by atoms with Crippen LogP contribution >= 0.6 is 11.8 Å². The highest BCUT2D eigenvalue weighted by Crippen LogP contribution is 2.34. The Morgan fingerprint density at radius 2 is 2.11 bits per heavy atom. The standard InChI is InChI=1S/C16H28N2O9S/c1-3-28-6-4-5-26-16(15(24)18-25)7-10(21)12(17-9(2)20)14(27-16)13(23)11(22)8-19/h10-14,19,21-23H,3-8H2,1-2H3,(H,17,20). The average molecular weight is 424 g/mol. The second-order valence-corrected chi connectivity index (χ2v) is 7.76. The molecule has 0 spiro atoms. The van der Waals surface area contributed by atoms with Crippen LogP contribution in [-0.2, 0) is 19.1 Å². The summed E-state index contributed by atoms with van der Waals surface area (Å²) in [7, 11) is 0. The number of aliphatic hydroxyl groups is 4. The smallest absolute Gasteiger partial charge is 0.345 e.